The van der Waals surface area contributed by atoms with Crippen LogP contribution >= 0.6 is 0 Å². The van der Waals surface area contributed by atoms with E-state index in [0.29, 0.717) is 12.1 Å². The summed E-state index contributed by atoms with van der Waals surface area (Å²) in [7, 11) is 1.68. The van der Waals surface area contributed by atoms with E-state index < -0.39 is 0 Å². The van der Waals surface area contributed by atoms with Gasteiger partial charge >= 0.3 is 0 Å². The van der Waals surface area contributed by atoms with Gasteiger partial charge < -0.3 is 10.1 Å². The Morgan fingerprint density at radius 1 is 1.44 bits per heavy atom. The lowest BCUT2D eigenvalue weighted by molar-refractivity contribution is 0.0950. The Hall–Kier alpha value is -1.36. The van der Waals surface area contributed by atoms with Crippen LogP contribution in [-0.2, 0) is 4.74 Å². The monoisotopic (exact) mass is 225 g/mol. The number of nitrogens with one attached hydrogen (secondary N) is 2. The van der Waals surface area contributed by atoms with Crippen LogP contribution in [0.15, 0.2) is 0 Å². The van der Waals surface area contributed by atoms with Crippen molar-refractivity contribution in [2.24, 2.45) is 0 Å². The van der Waals surface area contributed by atoms with Gasteiger partial charge in [0.15, 0.2) is 0 Å². The van der Waals surface area contributed by atoms with Crippen LogP contribution in [0.3, 0.4) is 0 Å². The quantitative estimate of drug-likeness (QED) is 0.714. The largest absolute Gasteiger partial charge is 0.385 e. The summed E-state index contributed by atoms with van der Waals surface area (Å²) in [5.41, 5.74) is 2.21. The first-order chi connectivity index (χ1) is 7.66. The van der Waals surface area contributed by atoms with E-state index in [1.165, 1.54) is 0 Å². The van der Waals surface area contributed by atoms with Crippen molar-refractivity contribution in [1.29, 1.82) is 0 Å². The van der Waals surface area contributed by atoms with Crippen LogP contribution in [0.2, 0.25) is 0 Å². The number of hydrogen-bond acceptors (Lipinski definition) is 3. The SMILES string of the molecule is COCCCCNC(=O)c1c(C)n[nH]c1C. The van der Waals surface area contributed by atoms with Crippen molar-refractivity contribution in [3.8, 4) is 0 Å². The summed E-state index contributed by atoms with van der Waals surface area (Å²) < 4.78 is 4.93. The minimum atomic E-state index is -0.0545. The van der Waals surface area contributed by atoms with Gasteiger partial charge in [-0.25, -0.2) is 0 Å². The lowest BCUT2D eigenvalue weighted by Crippen LogP contribution is -2.25. The average molecular weight is 225 g/mol. The highest BCUT2D eigenvalue weighted by Gasteiger charge is 2.13. The maximum Gasteiger partial charge on any atom is 0.255 e. The zero-order chi connectivity index (χ0) is 12.0. The van der Waals surface area contributed by atoms with Gasteiger partial charge in [0.05, 0.1) is 11.3 Å². The Morgan fingerprint density at radius 3 is 2.75 bits per heavy atom. The van der Waals surface area contributed by atoms with Gasteiger partial charge in [-0.3, -0.25) is 9.89 Å². The number of carbonyl (C=O) groups excluding carboxylic acids is 1. The number of hydrogen-bond donors (Lipinski definition) is 2. The number of amides is 1. The maximum atomic E-state index is 11.8. The van der Waals surface area contributed by atoms with Crippen LogP contribution in [0.5, 0.6) is 0 Å². The van der Waals surface area contributed by atoms with Gasteiger partial charge in [0.2, 0.25) is 0 Å². The van der Waals surface area contributed by atoms with Gasteiger partial charge in [0.1, 0.15) is 0 Å². The number of nitrogens with zero attached hydrogens (tertiary/aromatic N) is 1. The molecule has 90 valence electrons. The highest BCUT2D eigenvalue weighted by Crippen LogP contribution is 2.08. The smallest absolute Gasteiger partial charge is 0.255 e. The van der Waals surface area contributed by atoms with Crippen LogP contribution in [0.25, 0.3) is 0 Å². The first kappa shape index (κ1) is 12.7. The van der Waals surface area contributed by atoms with Crippen molar-refractivity contribution in [2.75, 3.05) is 20.3 Å². The van der Waals surface area contributed by atoms with Crippen molar-refractivity contribution in [3.05, 3.63) is 17.0 Å². The molecule has 0 radical (unpaired) electrons. The molecule has 0 saturated heterocycles. The molecule has 1 aromatic rings. The standard InChI is InChI=1S/C11H19N3O2/c1-8-10(9(2)14-13-8)11(15)12-6-4-5-7-16-3/h4-7H2,1-3H3,(H,12,15)(H,13,14). The Morgan fingerprint density at radius 2 is 2.19 bits per heavy atom. The number of ether oxygens (including phenoxy) is 1. The number of methoxy groups -OCH3 is 1. The van der Waals surface area contributed by atoms with E-state index in [-0.39, 0.29) is 5.91 Å². The number of rotatable bonds is 6. The molecule has 0 atom stereocenters. The van der Waals surface area contributed by atoms with Crippen molar-refractivity contribution < 1.29 is 9.53 Å². The first-order valence-corrected chi connectivity index (χ1v) is 5.45. The topological polar surface area (TPSA) is 67.0 Å². The molecule has 0 aliphatic carbocycles. The van der Waals surface area contributed by atoms with Crippen LogP contribution in [0, 0.1) is 13.8 Å². The number of aryl methyl sites for hydroxylation is 2. The average Bonchev–Trinajstić information content (AvgIpc) is 2.58. The second-order valence-corrected chi connectivity index (χ2v) is 3.76. The second-order valence-electron chi connectivity index (χ2n) is 3.76. The molecule has 0 fully saturated rings. The number of aromatic amines is 1. The fourth-order valence-corrected chi connectivity index (χ4v) is 1.55. The zero-order valence-electron chi connectivity index (χ0n) is 10.1. The Kier molecular flexibility index (Phi) is 4.98. The predicted molar refractivity (Wildman–Crippen MR) is 61.5 cm³/mol. The third-order valence-corrected chi connectivity index (χ3v) is 2.42. The normalized spacial score (nSPS) is 10.4. The van der Waals surface area contributed by atoms with E-state index in [9.17, 15) is 4.79 Å². The molecule has 0 unspecified atom stereocenters. The number of H-pyrrole nitrogens is 1. The molecule has 5 nitrogen and oxygen atoms in total. The van der Waals surface area contributed by atoms with E-state index in [0.717, 1.165) is 30.8 Å². The van der Waals surface area contributed by atoms with E-state index in [4.69, 9.17) is 4.74 Å². The van der Waals surface area contributed by atoms with Crippen molar-refractivity contribution in [2.45, 2.75) is 26.7 Å². The Bertz CT molecular complexity index is 327. The summed E-state index contributed by atoms with van der Waals surface area (Å²) >= 11 is 0. The molecule has 0 aromatic carbocycles. The fraction of sp³-hybridized carbons (Fsp3) is 0.636. The predicted octanol–water partition coefficient (Wildman–Crippen LogP) is 1.18. The van der Waals surface area contributed by atoms with Gasteiger partial charge in [-0.2, -0.15) is 5.10 Å². The molecule has 1 heterocycles. The third kappa shape index (κ3) is 3.34. The summed E-state index contributed by atoms with van der Waals surface area (Å²) in [6, 6.07) is 0. The van der Waals surface area contributed by atoms with E-state index in [1.54, 1.807) is 7.11 Å². The third-order valence-electron chi connectivity index (χ3n) is 2.42. The molecule has 0 spiro atoms. The van der Waals surface area contributed by atoms with Gasteiger partial charge in [-0.05, 0) is 26.7 Å². The molecule has 0 saturated carbocycles. The molecule has 2 N–H and O–H groups in total. The molecule has 1 amide bonds. The fourth-order valence-electron chi connectivity index (χ4n) is 1.55. The van der Waals surface area contributed by atoms with Crippen LogP contribution in [0.4, 0.5) is 0 Å². The van der Waals surface area contributed by atoms with Gasteiger partial charge in [-0.1, -0.05) is 0 Å². The summed E-state index contributed by atoms with van der Waals surface area (Å²) in [6.45, 7) is 5.08. The van der Waals surface area contributed by atoms with E-state index in [2.05, 4.69) is 15.5 Å². The molecule has 1 rings (SSSR count). The summed E-state index contributed by atoms with van der Waals surface area (Å²) in [5.74, 6) is -0.0545. The molecule has 0 aliphatic rings. The molecule has 0 aliphatic heterocycles. The highest BCUT2D eigenvalue weighted by atomic mass is 16.5. The van der Waals surface area contributed by atoms with Gasteiger partial charge in [0, 0.05) is 26.0 Å². The molecular weight excluding hydrogens is 206 g/mol. The lowest BCUT2D eigenvalue weighted by Gasteiger charge is -2.04. The zero-order valence-corrected chi connectivity index (χ0v) is 10.1. The highest BCUT2D eigenvalue weighted by molar-refractivity contribution is 5.96. The molecule has 5 heteroatoms. The van der Waals surface area contributed by atoms with E-state index in [1.807, 2.05) is 13.8 Å². The van der Waals surface area contributed by atoms with E-state index >= 15 is 0 Å². The second kappa shape index (κ2) is 6.27. The lowest BCUT2D eigenvalue weighted by atomic mass is 10.2. The minimum Gasteiger partial charge on any atom is -0.385 e. The first-order valence-electron chi connectivity index (χ1n) is 5.45. The summed E-state index contributed by atoms with van der Waals surface area (Å²) in [6.07, 6.45) is 1.88. The summed E-state index contributed by atoms with van der Waals surface area (Å²) in [4.78, 5) is 11.8. The molecule has 1 aromatic heterocycles. The molecule has 0 bridgehead atoms. The summed E-state index contributed by atoms with van der Waals surface area (Å²) in [5, 5.41) is 9.66. The Labute approximate surface area is 95.6 Å². The van der Waals surface area contributed by atoms with Crippen LogP contribution in [-0.4, -0.2) is 36.4 Å². The van der Waals surface area contributed by atoms with Crippen molar-refractivity contribution >= 4 is 5.91 Å². The van der Waals surface area contributed by atoms with Crippen LogP contribution in [0.1, 0.15) is 34.6 Å². The van der Waals surface area contributed by atoms with Crippen molar-refractivity contribution in [1.82, 2.24) is 15.5 Å². The van der Waals surface area contributed by atoms with Crippen LogP contribution < -0.4 is 5.32 Å². The van der Waals surface area contributed by atoms with Gasteiger partial charge in [0.25, 0.3) is 5.91 Å². The van der Waals surface area contributed by atoms with Gasteiger partial charge in [-0.15, -0.1) is 0 Å². The number of unbranched alkanes of at least 4 members (excludes halogenated alkanes) is 1. The maximum absolute atomic E-state index is 11.8. The molecular formula is C11H19N3O2. The Balaban J connectivity index is 2.36. The minimum absolute atomic E-state index is 0.0545. The molecule has 16 heavy (non-hydrogen) atoms. The number of aromatic nitrogens is 2. The number of carbonyl (C=O) groups is 1. The van der Waals surface area contributed by atoms with Crippen molar-refractivity contribution in [3.63, 3.8) is 0 Å².